The van der Waals surface area contributed by atoms with E-state index in [4.69, 9.17) is 0 Å². The summed E-state index contributed by atoms with van der Waals surface area (Å²) in [6, 6.07) is 5.19. The SMILES string of the molecule is CC(C)[CH-]c1ccc(C(F)(F)F)cc1.[Cm]. The molecule has 0 radical (unpaired) electrons. The molecule has 0 N–H and O–H groups in total. The maximum atomic E-state index is 12.2. The smallest absolute Gasteiger partial charge is 0.192 e. The second-order valence-electron chi connectivity index (χ2n) is 3.53. The van der Waals surface area contributed by atoms with E-state index in [0.29, 0.717) is 5.92 Å². The summed E-state index contributed by atoms with van der Waals surface area (Å²) in [7, 11) is 0. The monoisotopic (exact) mass is 444 g/mol. The van der Waals surface area contributed by atoms with E-state index in [-0.39, 0.29) is 0 Å². The van der Waals surface area contributed by atoms with E-state index in [1.165, 1.54) is 12.1 Å². The van der Waals surface area contributed by atoms with Crippen LogP contribution in [0.3, 0.4) is 0 Å². The van der Waals surface area contributed by atoms with Crippen LogP contribution in [0.2, 0.25) is 0 Å². The standard InChI is InChI=1S/C11H12F3.Cm/c1-8(2)7-9-3-5-10(6-4-9)11(12,13)14;/h3-8H,1-2H3;/q-1;. The molecular weight excluding hydrogens is 436 g/mol. The van der Waals surface area contributed by atoms with Crippen molar-refractivity contribution in [1.82, 2.24) is 0 Å². The fourth-order valence-electron chi connectivity index (χ4n) is 1.17. The average Bonchev–Trinajstić information content (AvgIpc) is 2.02. The Morgan fingerprint density at radius 2 is 1.53 bits per heavy atom. The van der Waals surface area contributed by atoms with Crippen molar-refractivity contribution in [2.45, 2.75) is 20.0 Å². The maximum Gasteiger partial charge on any atom is 0.414 e. The van der Waals surface area contributed by atoms with Gasteiger partial charge in [-0.15, -0.1) is 12.1 Å². The third-order valence-electron chi connectivity index (χ3n) is 1.76. The van der Waals surface area contributed by atoms with E-state index in [2.05, 4.69) is 0 Å². The van der Waals surface area contributed by atoms with Crippen molar-refractivity contribution in [3.05, 3.63) is 41.8 Å². The van der Waals surface area contributed by atoms with Crippen LogP contribution < -0.4 is 0 Å². The Balaban J connectivity index is 0.00000196. The fraction of sp³-hybridized carbons (Fsp3) is 0.364. The van der Waals surface area contributed by atoms with Crippen molar-refractivity contribution in [1.29, 1.82) is 0 Å². The van der Waals surface area contributed by atoms with Crippen molar-refractivity contribution in [2.24, 2.45) is 5.92 Å². The zero-order chi connectivity index (χ0) is 10.8. The molecule has 86 valence electrons. The quantitative estimate of drug-likeness (QED) is 0.603. The van der Waals surface area contributed by atoms with Gasteiger partial charge in [-0.1, -0.05) is 19.8 Å². The fourth-order valence-corrected chi connectivity index (χ4v) is 1.17. The second kappa shape index (κ2) is 4.40. The minimum absolute atomic E-state index is 0. The van der Waals surface area contributed by atoms with Crippen LogP contribution in [0.15, 0.2) is 24.3 Å². The normalized spacial score (nSPS) is 11.1. The van der Waals surface area contributed by atoms with E-state index < -0.39 is 11.7 Å². The van der Waals surface area contributed by atoms with Gasteiger partial charge in [0, 0.05) is 5.56 Å². The molecule has 0 fully saturated rings. The van der Waals surface area contributed by atoms with Gasteiger partial charge in [0.2, 0.25) is 0 Å². The van der Waals surface area contributed by atoms with Gasteiger partial charge in [0.05, 0.1) is 0 Å². The van der Waals surface area contributed by atoms with Gasteiger partial charge in [-0.3, -0.25) is 0 Å². The molecule has 0 nitrogen and oxygen atoms in total. The van der Waals surface area contributed by atoms with Crippen molar-refractivity contribution < 1.29 is 13.2 Å². The van der Waals surface area contributed by atoms with Crippen LogP contribution in [0.4, 0.5) is 13.2 Å². The third-order valence-corrected chi connectivity index (χ3v) is 1.76. The number of halogens is 3. The first-order valence-electron chi connectivity index (χ1n) is 4.42. The van der Waals surface area contributed by atoms with Crippen LogP contribution in [-0.4, -0.2) is 0 Å². The molecule has 1 rings (SSSR count). The molecule has 0 bridgehead atoms. The predicted octanol–water partition coefficient (Wildman–Crippen LogP) is 3.91. The van der Waals surface area contributed by atoms with E-state index in [9.17, 15) is 13.2 Å². The molecule has 0 saturated carbocycles. The molecule has 1 aromatic carbocycles. The molecule has 0 saturated heterocycles. The van der Waals surface area contributed by atoms with Crippen molar-refractivity contribution in [2.75, 3.05) is 0 Å². The largest absolute Gasteiger partial charge is 0.414 e. The number of hydrogen-bond donors (Lipinski definition) is 0. The summed E-state index contributed by atoms with van der Waals surface area (Å²) < 4.78 is 36.5. The molecule has 1 aromatic rings. The van der Waals surface area contributed by atoms with Gasteiger partial charge in [-0.05, 0) is 0 Å². The number of benzene rings is 1. The third kappa shape index (κ3) is 3.63. The zero-order valence-electron chi connectivity index (χ0n) is 8.45. The van der Waals surface area contributed by atoms with E-state index in [1.54, 1.807) is 0 Å². The molecule has 15 heavy (non-hydrogen) atoms. The minimum atomic E-state index is -4.24. The second-order valence-corrected chi connectivity index (χ2v) is 3.53. The first kappa shape index (κ1) is 12.9. The zero-order valence-corrected chi connectivity index (χ0v) is 11.4. The molecule has 0 atom stereocenters. The Bertz CT molecular complexity index is 288. The molecular formula is C11H12CmF3-. The molecule has 0 heterocycles. The first-order valence-corrected chi connectivity index (χ1v) is 4.42. The van der Waals surface area contributed by atoms with Crippen LogP contribution in [0, 0.1) is 12.3 Å². The number of hydrogen-bond acceptors (Lipinski definition) is 0. The van der Waals surface area contributed by atoms with Crippen molar-refractivity contribution in [3.8, 4) is 0 Å². The maximum absolute atomic E-state index is 12.2. The van der Waals surface area contributed by atoms with Gasteiger partial charge in [-0.25, -0.2) is 0 Å². The summed E-state index contributed by atoms with van der Waals surface area (Å²) in [6.45, 7) is 3.97. The topological polar surface area (TPSA) is 0 Å². The summed E-state index contributed by atoms with van der Waals surface area (Å²) in [4.78, 5) is 0. The van der Waals surface area contributed by atoms with Crippen LogP contribution in [-0.2, 0) is 6.18 Å². The predicted molar refractivity (Wildman–Crippen MR) is 49.7 cm³/mol. The molecule has 0 unspecified atom stereocenters. The van der Waals surface area contributed by atoms with Gasteiger partial charge in [0.1, 0.15) is 0 Å². The molecule has 0 amide bonds. The molecule has 0 aliphatic carbocycles. The van der Waals surface area contributed by atoms with E-state index >= 15 is 0 Å². The Morgan fingerprint density at radius 1 is 1.07 bits per heavy atom. The van der Waals surface area contributed by atoms with Gasteiger partial charge >= 0.3 is 6.18 Å². The van der Waals surface area contributed by atoms with E-state index in [0.717, 1.165) is 17.7 Å². The van der Waals surface area contributed by atoms with Crippen LogP contribution in [0.25, 0.3) is 0 Å². The summed E-state index contributed by atoms with van der Waals surface area (Å²) >= 11 is 0. The van der Waals surface area contributed by atoms with Gasteiger partial charge < -0.3 is 0 Å². The van der Waals surface area contributed by atoms with Crippen LogP contribution in [0.5, 0.6) is 0 Å². The average molecular weight is 448 g/mol. The molecule has 0 aromatic heterocycles. The Labute approximate surface area is 81.8 Å². The van der Waals surface area contributed by atoms with E-state index in [1.807, 2.05) is 20.3 Å². The summed E-state index contributed by atoms with van der Waals surface area (Å²) in [5, 5.41) is 0. The van der Waals surface area contributed by atoms with Crippen molar-refractivity contribution >= 4 is 0 Å². The van der Waals surface area contributed by atoms with Gasteiger partial charge in [0.15, 0.2) is 0 Å². The van der Waals surface area contributed by atoms with Crippen LogP contribution in [0.1, 0.15) is 25.0 Å². The first-order chi connectivity index (χ1) is 6.39. The van der Waals surface area contributed by atoms with Crippen LogP contribution >= 0.6 is 0 Å². The summed E-state index contributed by atoms with van der Waals surface area (Å²) in [5.41, 5.74) is 0.228. The van der Waals surface area contributed by atoms with Gasteiger partial charge in [-0.2, -0.15) is 37.3 Å². The number of rotatable bonds is 2. The van der Waals surface area contributed by atoms with Gasteiger partial charge in [0.25, 0.3) is 0 Å². The molecule has 0 aliphatic heterocycles. The molecule has 0 spiro atoms. The Morgan fingerprint density at radius 3 is 1.87 bits per heavy atom. The molecule has 4 heteroatoms. The Kier molecular flexibility index (Phi) is 3.78. The minimum Gasteiger partial charge on any atom is -0.192 e. The molecule has 0 aliphatic rings. The van der Waals surface area contributed by atoms with Crippen molar-refractivity contribution in [3.63, 3.8) is 0 Å². The summed E-state index contributed by atoms with van der Waals surface area (Å²) in [6.07, 6.45) is -2.32. The Hall–Kier alpha value is -2.12. The summed E-state index contributed by atoms with van der Waals surface area (Å²) in [5.74, 6) is 0.340. The number of alkyl halides is 3.